The van der Waals surface area contributed by atoms with Crippen LogP contribution in [0.25, 0.3) is 10.9 Å². The smallest absolute Gasteiger partial charge is 0.342 e. The van der Waals surface area contributed by atoms with Gasteiger partial charge in [-0.05, 0) is 30.7 Å². The van der Waals surface area contributed by atoms with E-state index in [0.29, 0.717) is 11.3 Å². The number of halogens is 2. The quantitative estimate of drug-likeness (QED) is 0.831. The highest BCUT2D eigenvalue weighted by Gasteiger charge is 2.29. The molecule has 0 spiro atoms. The second-order valence-electron chi connectivity index (χ2n) is 4.34. The van der Waals surface area contributed by atoms with Crippen LogP contribution in [0.5, 0.6) is 5.75 Å². The van der Waals surface area contributed by atoms with Crippen molar-refractivity contribution in [3.05, 3.63) is 30.0 Å². The highest BCUT2D eigenvalue weighted by atomic mass is 35.5. The van der Waals surface area contributed by atoms with Crippen LogP contribution in [0.2, 0.25) is 0 Å². The van der Waals surface area contributed by atoms with E-state index in [2.05, 4.69) is 9.72 Å². The lowest BCUT2D eigenvalue weighted by Crippen LogP contribution is -2.31. The Morgan fingerprint density at radius 2 is 2.19 bits per heavy atom. The Bertz CT molecular complexity index is 617. The van der Waals surface area contributed by atoms with Gasteiger partial charge in [0.1, 0.15) is 5.75 Å². The van der Waals surface area contributed by atoms with Gasteiger partial charge in [-0.2, -0.15) is 0 Å². The first kappa shape index (κ1) is 17.3. The molecule has 21 heavy (non-hydrogen) atoms. The van der Waals surface area contributed by atoms with E-state index in [1.165, 1.54) is 0 Å². The maximum absolute atomic E-state index is 14.0. The number of alkyl halides is 1. The van der Waals surface area contributed by atoms with Crippen LogP contribution in [0.4, 0.5) is 4.39 Å². The van der Waals surface area contributed by atoms with Gasteiger partial charge in [-0.1, -0.05) is 0 Å². The predicted molar refractivity (Wildman–Crippen MR) is 80.6 cm³/mol. The van der Waals surface area contributed by atoms with E-state index >= 15 is 0 Å². The molecule has 0 fully saturated rings. The van der Waals surface area contributed by atoms with Gasteiger partial charge in [0.15, 0.2) is 0 Å². The zero-order chi connectivity index (χ0) is 14.7. The fourth-order valence-electron chi connectivity index (χ4n) is 2.05. The summed E-state index contributed by atoms with van der Waals surface area (Å²) in [6.07, 6.45) is -0.305. The molecule has 1 aromatic heterocycles. The molecular formula is C14H18ClFN2O3. The van der Waals surface area contributed by atoms with Crippen molar-refractivity contribution in [3.63, 3.8) is 0 Å². The van der Waals surface area contributed by atoms with E-state index in [1.54, 1.807) is 32.4 Å². The Hall–Kier alpha value is -1.79. The number of hydrogen-bond acceptors (Lipinski definition) is 4. The Balaban J connectivity index is 0.00000220. The monoisotopic (exact) mass is 316 g/mol. The van der Waals surface area contributed by atoms with Crippen molar-refractivity contribution in [1.82, 2.24) is 4.98 Å². The number of esters is 1. The van der Waals surface area contributed by atoms with Crippen molar-refractivity contribution in [2.75, 3.05) is 13.7 Å². The molecule has 0 aliphatic heterocycles. The molecule has 7 heteroatoms. The number of nitrogens with two attached hydrogens (primary N) is 1. The number of H-pyrrole nitrogens is 1. The molecule has 0 saturated carbocycles. The summed E-state index contributed by atoms with van der Waals surface area (Å²) in [5, 5.41) is 0.726. The maximum Gasteiger partial charge on any atom is 0.342 e. The number of ether oxygens (including phenoxy) is 2. The average molecular weight is 317 g/mol. The van der Waals surface area contributed by atoms with Gasteiger partial charge < -0.3 is 20.2 Å². The molecule has 1 heterocycles. The third-order valence-electron chi connectivity index (χ3n) is 3.11. The molecule has 0 saturated heterocycles. The van der Waals surface area contributed by atoms with Gasteiger partial charge in [-0.25, -0.2) is 9.18 Å². The van der Waals surface area contributed by atoms with Gasteiger partial charge in [0, 0.05) is 17.1 Å². The Labute approximate surface area is 128 Å². The summed E-state index contributed by atoms with van der Waals surface area (Å²) in [5.74, 6) is -0.311. The summed E-state index contributed by atoms with van der Waals surface area (Å²) in [6.45, 7) is 1.74. The van der Waals surface area contributed by atoms with Crippen molar-refractivity contribution in [3.8, 4) is 5.75 Å². The molecule has 2 atom stereocenters. The largest absolute Gasteiger partial charge is 0.497 e. The normalized spacial score (nSPS) is 13.3. The Morgan fingerprint density at radius 1 is 1.48 bits per heavy atom. The molecule has 0 aliphatic carbocycles. The van der Waals surface area contributed by atoms with E-state index in [4.69, 9.17) is 10.5 Å². The molecule has 1 aromatic carbocycles. The number of carbonyl (C=O) groups is 1. The van der Waals surface area contributed by atoms with E-state index in [-0.39, 0.29) is 19.0 Å². The first-order chi connectivity index (χ1) is 9.58. The summed E-state index contributed by atoms with van der Waals surface area (Å²) in [5.41, 5.74) is 7.15. The summed E-state index contributed by atoms with van der Waals surface area (Å²) >= 11 is 0. The fraction of sp³-hybridized carbons (Fsp3) is 0.357. The lowest BCUT2D eigenvalue weighted by Gasteiger charge is -2.15. The summed E-state index contributed by atoms with van der Waals surface area (Å²) < 4.78 is 23.8. The average Bonchev–Trinajstić information content (AvgIpc) is 2.88. The molecule has 0 bridgehead atoms. The number of carbonyl (C=O) groups excluding carboxylic acids is 1. The number of aromatic amines is 1. The number of aromatic nitrogens is 1. The molecule has 1 unspecified atom stereocenters. The molecule has 0 radical (unpaired) electrons. The van der Waals surface area contributed by atoms with Gasteiger partial charge in [0.05, 0.1) is 19.8 Å². The van der Waals surface area contributed by atoms with Crippen LogP contribution in [0, 0.1) is 0 Å². The molecule has 2 aromatic rings. The van der Waals surface area contributed by atoms with E-state index < -0.39 is 18.2 Å². The van der Waals surface area contributed by atoms with Crippen molar-refractivity contribution in [2.24, 2.45) is 5.73 Å². The van der Waals surface area contributed by atoms with E-state index in [1.807, 2.05) is 6.07 Å². The van der Waals surface area contributed by atoms with Crippen LogP contribution in [-0.2, 0) is 9.53 Å². The van der Waals surface area contributed by atoms with Gasteiger partial charge in [0.25, 0.3) is 0 Å². The minimum atomic E-state index is -1.90. The number of rotatable bonds is 5. The van der Waals surface area contributed by atoms with Crippen molar-refractivity contribution >= 4 is 29.3 Å². The first-order valence-electron chi connectivity index (χ1n) is 6.29. The van der Waals surface area contributed by atoms with Crippen LogP contribution in [0.3, 0.4) is 0 Å². The first-order valence-corrected chi connectivity index (χ1v) is 6.29. The molecule has 0 aliphatic rings. The molecular weight excluding hydrogens is 299 g/mol. The van der Waals surface area contributed by atoms with Gasteiger partial charge in [0.2, 0.25) is 6.17 Å². The minimum Gasteiger partial charge on any atom is -0.497 e. The number of methoxy groups -OCH3 is 1. The number of fused-ring (bicyclic) bond motifs is 1. The lowest BCUT2D eigenvalue weighted by atomic mass is 10.0. The van der Waals surface area contributed by atoms with Crippen LogP contribution < -0.4 is 10.5 Å². The molecule has 3 N–H and O–H groups in total. The SMILES string of the molecule is CCOC(=O)C(F)[C@@H](N)c1c[nH]c2ccc(OC)cc12.Cl. The van der Waals surface area contributed by atoms with Gasteiger partial charge in [-0.15, -0.1) is 12.4 Å². The third kappa shape index (κ3) is 3.46. The topological polar surface area (TPSA) is 77.3 Å². The second kappa shape index (κ2) is 7.28. The standard InChI is InChI=1S/C14H17FN2O3.ClH/c1-3-20-14(18)12(15)13(16)10-7-17-11-5-4-8(19-2)6-9(10)11;/h4-7,12-13,17H,3,16H2,1-2H3;1H/t12?,13-;/m0./s1. The molecule has 5 nitrogen and oxygen atoms in total. The second-order valence-corrected chi connectivity index (χ2v) is 4.34. The summed E-state index contributed by atoms with van der Waals surface area (Å²) in [4.78, 5) is 14.4. The van der Waals surface area contributed by atoms with Gasteiger partial charge in [-0.3, -0.25) is 0 Å². The zero-order valence-electron chi connectivity index (χ0n) is 11.8. The Kier molecular flexibility index (Phi) is 5.99. The van der Waals surface area contributed by atoms with Crippen LogP contribution in [-0.4, -0.2) is 30.8 Å². The van der Waals surface area contributed by atoms with Crippen LogP contribution in [0.1, 0.15) is 18.5 Å². The summed E-state index contributed by atoms with van der Waals surface area (Å²) in [6, 6.07) is 4.25. The van der Waals surface area contributed by atoms with Crippen molar-refractivity contribution in [2.45, 2.75) is 19.1 Å². The number of hydrogen-bond donors (Lipinski definition) is 2. The van der Waals surface area contributed by atoms with E-state index in [9.17, 15) is 9.18 Å². The van der Waals surface area contributed by atoms with Gasteiger partial charge >= 0.3 is 5.97 Å². The van der Waals surface area contributed by atoms with E-state index in [0.717, 1.165) is 10.9 Å². The minimum absolute atomic E-state index is 0. The Morgan fingerprint density at radius 3 is 2.81 bits per heavy atom. The number of benzene rings is 1. The lowest BCUT2D eigenvalue weighted by molar-refractivity contribution is -0.149. The molecule has 116 valence electrons. The third-order valence-corrected chi connectivity index (χ3v) is 3.11. The van der Waals surface area contributed by atoms with Crippen LogP contribution >= 0.6 is 12.4 Å². The predicted octanol–water partition coefficient (Wildman–Crippen LogP) is 2.50. The highest BCUT2D eigenvalue weighted by molar-refractivity contribution is 5.86. The zero-order valence-corrected chi connectivity index (χ0v) is 12.6. The fourth-order valence-corrected chi connectivity index (χ4v) is 2.05. The van der Waals surface area contributed by atoms with Crippen LogP contribution in [0.15, 0.2) is 24.4 Å². The van der Waals surface area contributed by atoms with Crippen molar-refractivity contribution < 1.29 is 18.7 Å². The maximum atomic E-state index is 14.0. The summed E-state index contributed by atoms with van der Waals surface area (Å²) in [7, 11) is 1.55. The molecule has 2 rings (SSSR count). The number of nitrogens with one attached hydrogen (secondary N) is 1. The highest BCUT2D eigenvalue weighted by Crippen LogP contribution is 2.29. The molecule has 0 amide bonds. The van der Waals surface area contributed by atoms with Crippen molar-refractivity contribution in [1.29, 1.82) is 0 Å².